The van der Waals surface area contributed by atoms with Crippen molar-refractivity contribution in [1.29, 1.82) is 0 Å². The maximum absolute atomic E-state index is 11.7. The third kappa shape index (κ3) is 2.50. The van der Waals surface area contributed by atoms with Crippen molar-refractivity contribution in [2.45, 2.75) is 12.5 Å². The zero-order valence-electron chi connectivity index (χ0n) is 10.7. The van der Waals surface area contributed by atoms with Gasteiger partial charge in [-0.2, -0.15) is 0 Å². The van der Waals surface area contributed by atoms with Crippen LogP contribution in [0.5, 0.6) is 11.5 Å². The lowest BCUT2D eigenvalue weighted by atomic mass is 9.89. The number of hydrogen-bond acceptors (Lipinski definition) is 5. The molecule has 0 aromatic heterocycles. The summed E-state index contributed by atoms with van der Waals surface area (Å²) in [5.74, 6) is -1.34. The van der Waals surface area contributed by atoms with E-state index < -0.39 is 11.5 Å². The quantitative estimate of drug-likeness (QED) is 0.748. The molecule has 3 N–H and O–H groups in total. The largest absolute Gasteiger partial charge is 0.508 e. The Morgan fingerprint density at radius 1 is 1.21 bits per heavy atom. The Balaban J connectivity index is 2.45. The van der Waals surface area contributed by atoms with E-state index in [2.05, 4.69) is 0 Å². The summed E-state index contributed by atoms with van der Waals surface area (Å²) >= 11 is 0. The molecule has 6 nitrogen and oxygen atoms in total. The first-order valence-electron chi connectivity index (χ1n) is 6.04. The highest BCUT2D eigenvalue weighted by molar-refractivity contribution is 5.80. The van der Waals surface area contributed by atoms with Crippen LogP contribution < -0.4 is 0 Å². The summed E-state index contributed by atoms with van der Waals surface area (Å²) in [5, 5.41) is 28.7. The molecule has 1 aliphatic heterocycles. The number of carboxylic acids is 1. The van der Waals surface area contributed by atoms with Gasteiger partial charge in [-0.1, -0.05) is 0 Å². The third-order valence-corrected chi connectivity index (χ3v) is 3.52. The van der Waals surface area contributed by atoms with E-state index in [1.54, 1.807) is 11.8 Å². The number of nitrogens with zero attached hydrogens (tertiary/aromatic N) is 1. The third-order valence-electron chi connectivity index (χ3n) is 3.52. The van der Waals surface area contributed by atoms with Gasteiger partial charge < -0.3 is 20.1 Å². The first-order chi connectivity index (χ1) is 8.94. The zero-order chi connectivity index (χ0) is 14.0. The number of rotatable bonds is 3. The van der Waals surface area contributed by atoms with Crippen LogP contribution in [0.4, 0.5) is 0 Å². The minimum atomic E-state index is -1.31. The van der Waals surface area contributed by atoms with Crippen molar-refractivity contribution in [3.8, 4) is 11.5 Å². The maximum atomic E-state index is 11.7. The molecule has 104 valence electrons. The SMILES string of the molecule is CC(C(=O)O)(c1cc(O)cc(O)c1)N1CCOCC1. The van der Waals surface area contributed by atoms with Crippen molar-refractivity contribution < 1.29 is 24.9 Å². The molecule has 2 rings (SSSR count). The topological polar surface area (TPSA) is 90.2 Å². The molecular weight excluding hydrogens is 250 g/mol. The van der Waals surface area contributed by atoms with Crippen LogP contribution in [0.2, 0.25) is 0 Å². The molecule has 1 unspecified atom stereocenters. The molecule has 0 spiro atoms. The molecule has 0 bridgehead atoms. The first-order valence-corrected chi connectivity index (χ1v) is 6.04. The number of aliphatic carboxylic acids is 1. The van der Waals surface area contributed by atoms with Crippen molar-refractivity contribution in [1.82, 2.24) is 4.90 Å². The summed E-state index contributed by atoms with van der Waals surface area (Å²) < 4.78 is 5.22. The second-order valence-electron chi connectivity index (χ2n) is 4.71. The molecule has 0 amide bonds. The summed E-state index contributed by atoms with van der Waals surface area (Å²) in [7, 11) is 0. The van der Waals surface area contributed by atoms with Gasteiger partial charge in [0, 0.05) is 19.2 Å². The van der Waals surface area contributed by atoms with E-state index in [0.29, 0.717) is 31.9 Å². The first kappa shape index (κ1) is 13.6. The highest BCUT2D eigenvalue weighted by Crippen LogP contribution is 2.34. The maximum Gasteiger partial charge on any atom is 0.328 e. The Hall–Kier alpha value is -1.79. The van der Waals surface area contributed by atoms with Crippen LogP contribution >= 0.6 is 0 Å². The number of aromatic hydroxyl groups is 2. The normalized spacial score (nSPS) is 19.8. The zero-order valence-corrected chi connectivity index (χ0v) is 10.7. The van der Waals surface area contributed by atoms with Gasteiger partial charge in [0.25, 0.3) is 0 Å². The van der Waals surface area contributed by atoms with Crippen LogP contribution in [0.1, 0.15) is 12.5 Å². The van der Waals surface area contributed by atoms with Crippen LogP contribution in [0.3, 0.4) is 0 Å². The fourth-order valence-electron chi connectivity index (χ4n) is 2.33. The number of benzene rings is 1. The Kier molecular flexibility index (Phi) is 3.64. The van der Waals surface area contributed by atoms with Gasteiger partial charge in [-0.25, -0.2) is 4.79 Å². The number of ether oxygens (including phenoxy) is 1. The standard InChI is InChI=1S/C13H17NO5/c1-13(12(17)18,14-2-4-19-5-3-14)9-6-10(15)8-11(16)7-9/h6-8,15-16H,2-5H2,1H3,(H,17,18). The number of phenols is 2. The summed E-state index contributed by atoms with van der Waals surface area (Å²) in [5.41, 5.74) is -0.959. The van der Waals surface area contributed by atoms with Crippen LogP contribution in [0, 0.1) is 0 Å². The molecule has 1 saturated heterocycles. The highest BCUT2D eigenvalue weighted by Gasteiger charge is 2.42. The van der Waals surface area contributed by atoms with Crippen molar-refractivity contribution in [2.24, 2.45) is 0 Å². The lowest BCUT2D eigenvalue weighted by Crippen LogP contribution is -2.54. The van der Waals surface area contributed by atoms with Crippen molar-refractivity contribution in [3.05, 3.63) is 23.8 Å². The predicted molar refractivity (Wildman–Crippen MR) is 67.2 cm³/mol. The Morgan fingerprint density at radius 3 is 2.21 bits per heavy atom. The Morgan fingerprint density at radius 2 is 1.74 bits per heavy atom. The summed E-state index contributed by atoms with van der Waals surface area (Å²) in [6.45, 7) is 3.47. The van der Waals surface area contributed by atoms with E-state index in [1.165, 1.54) is 18.2 Å². The molecule has 1 heterocycles. The second kappa shape index (κ2) is 5.07. The average Bonchev–Trinajstić information content (AvgIpc) is 2.37. The molecule has 1 aromatic rings. The molecule has 0 saturated carbocycles. The number of hydrogen-bond donors (Lipinski definition) is 3. The average molecular weight is 267 g/mol. The van der Waals surface area contributed by atoms with Crippen molar-refractivity contribution in [3.63, 3.8) is 0 Å². The minimum Gasteiger partial charge on any atom is -0.508 e. The van der Waals surface area contributed by atoms with Crippen LogP contribution in [0.25, 0.3) is 0 Å². The van der Waals surface area contributed by atoms with Crippen LogP contribution in [0.15, 0.2) is 18.2 Å². The van der Waals surface area contributed by atoms with Gasteiger partial charge in [0.1, 0.15) is 17.0 Å². The highest BCUT2D eigenvalue weighted by atomic mass is 16.5. The van der Waals surface area contributed by atoms with Crippen molar-refractivity contribution in [2.75, 3.05) is 26.3 Å². The van der Waals surface area contributed by atoms with Crippen molar-refractivity contribution >= 4 is 5.97 Å². The summed E-state index contributed by atoms with van der Waals surface area (Å²) in [6.07, 6.45) is 0. The second-order valence-corrected chi connectivity index (χ2v) is 4.71. The number of phenolic OH excluding ortho intramolecular Hbond substituents is 2. The molecule has 19 heavy (non-hydrogen) atoms. The fraction of sp³-hybridized carbons (Fsp3) is 0.462. The molecule has 1 aromatic carbocycles. The van der Waals surface area contributed by atoms with Crippen LogP contribution in [-0.2, 0) is 15.1 Å². The van der Waals surface area contributed by atoms with E-state index in [1.807, 2.05) is 0 Å². The summed E-state index contributed by atoms with van der Waals surface area (Å²) in [4.78, 5) is 13.5. The smallest absolute Gasteiger partial charge is 0.328 e. The van der Waals surface area contributed by atoms with Gasteiger partial charge in [0.15, 0.2) is 0 Å². The van der Waals surface area contributed by atoms with Gasteiger partial charge in [-0.15, -0.1) is 0 Å². The Bertz CT molecular complexity index is 464. The monoisotopic (exact) mass is 267 g/mol. The van der Waals surface area contributed by atoms with E-state index in [4.69, 9.17) is 4.74 Å². The molecule has 1 atom stereocenters. The van der Waals surface area contributed by atoms with E-state index in [-0.39, 0.29) is 11.5 Å². The molecule has 1 aliphatic rings. The van der Waals surface area contributed by atoms with Gasteiger partial charge >= 0.3 is 5.97 Å². The molecular formula is C13H17NO5. The number of carbonyl (C=O) groups is 1. The Labute approximate surface area is 110 Å². The van der Waals surface area contributed by atoms with Gasteiger partial charge in [0.2, 0.25) is 0 Å². The number of carboxylic acid groups (broad SMARTS) is 1. The lowest BCUT2D eigenvalue weighted by molar-refractivity contribution is -0.154. The van der Waals surface area contributed by atoms with E-state index >= 15 is 0 Å². The number of morpholine rings is 1. The minimum absolute atomic E-state index is 0.157. The fourth-order valence-corrected chi connectivity index (χ4v) is 2.33. The molecule has 0 aliphatic carbocycles. The predicted octanol–water partition coefficient (Wildman–Crippen LogP) is 0.730. The van der Waals surface area contributed by atoms with Gasteiger partial charge in [-0.3, -0.25) is 4.90 Å². The summed E-state index contributed by atoms with van der Waals surface area (Å²) in [6, 6.07) is 3.90. The molecule has 0 radical (unpaired) electrons. The molecule has 6 heteroatoms. The van der Waals surface area contributed by atoms with Crippen LogP contribution in [-0.4, -0.2) is 52.5 Å². The molecule has 1 fully saturated rings. The van der Waals surface area contributed by atoms with E-state index in [0.717, 1.165) is 0 Å². The van der Waals surface area contributed by atoms with Gasteiger partial charge in [0.05, 0.1) is 13.2 Å². The van der Waals surface area contributed by atoms with E-state index in [9.17, 15) is 20.1 Å². The van der Waals surface area contributed by atoms with Gasteiger partial charge in [-0.05, 0) is 24.6 Å². The lowest BCUT2D eigenvalue weighted by Gasteiger charge is -2.40.